The van der Waals surface area contributed by atoms with Gasteiger partial charge in [-0.05, 0) is 30.9 Å². The SMILES string of the molecule is Cc1ccnc2c1nc(N)n2CCCOCC(C)C. The van der Waals surface area contributed by atoms with Crippen LogP contribution in [-0.4, -0.2) is 27.7 Å². The van der Waals surface area contributed by atoms with Gasteiger partial charge in [-0.15, -0.1) is 0 Å². The minimum Gasteiger partial charge on any atom is -0.381 e. The monoisotopic (exact) mass is 262 g/mol. The number of nitrogens with zero attached hydrogens (tertiary/aromatic N) is 3. The highest BCUT2D eigenvalue weighted by Crippen LogP contribution is 2.18. The van der Waals surface area contributed by atoms with Crippen molar-refractivity contribution in [3.8, 4) is 0 Å². The summed E-state index contributed by atoms with van der Waals surface area (Å²) in [5, 5.41) is 0. The first kappa shape index (κ1) is 13.8. The van der Waals surface area contributed by atoms with Crippen molar-refractivity contribution in [3.63, 3.8) is 0 Å². The van der Waals surface area contributed by atoms with Gasteiger partial charge in [-0.1, -0.05) is 13.8 Å². The molecule has 0 saturated heterocycles. The highest BCUT2D eigenvalue weighted by atomic mass is 16.5. The number of hydrogen-bond acceptors (Lipinski definition) is 4. The number of nitrogen functional groups attached to an aromatic ring is 1. The van der Waals surface area contributed by atoms with Gasteiger partial charge in [0, 0.05) is 26.0 Å². The van der Waals surface area contributed by atoms with Crippen LogP contribution in [0.5, 0.6) is 0 Å². The second-order valence-corrected chi connectivity index (χ2v) is 5.24. The Morgan fingerprint density at radius 3 is 2.95 bits per heavy atom. The predicted molar refractivity (Wildman–Crippen MR) is 77.0 cm³/mol. The third kappa shape index (κ3) is 3.23. The van der Waals surface area contributed by atoms with Crippen LogP contribution in [0.2, 0.25) is 0 Å². The zero-order chi connectivity index (χ0) is 13.8. The third-order valence-corrected chi connectivity index (χ3v) is 2.99. The van der Waals surface area contributed by atoms with E-state index in [1.54, 1.807) is 6.20 Å². The number of ether oxygens (including phenoxy) is 1. The Labute approximate surface area is 113 Å². The van der Waals surface area contributed by atoms with E-state index in [4.69, 9.17) is 10.5 Å². The first-order valence-corrected chi connectivity index (χ1v) is 6.74. The molecule has 0 aliphatic carbocycles. The van der Waals surface area contributed by atoms with E-state index in [1.807, 2.05) is 17.6 Å². The summed E-state index contributed by atoms with van der Waals surface area (Å²) >= 11 is 0. The van der Waals surface area contributed by atoms with E-state index in [0.717, 1.165) is 42.9 Å². The number of imidazole rings is 1. The van der Waals surface area contributed by atoms with Gasteiger partial charge in [0.15, 0.2) is 5.65 Å². The van der Waals surface area contributed by atoms with Gasteiger partial charge >= 0.3 is 0 Å². The topological polar surface area (TPSA) is 66.0 Å². The van der Waals surface area contributed by atoms with Crippen LogP contribution in [-0.2, 0) is 11.3 Å². The number of anilines is 1. The maximum absolute atomic E-state index is 5.96. The molecule has 0 aliphatic rings. The minimum absolute atomic E-state index is 0.528. The molecule has 0 aliphatic heterocycles. The maximum atomic E-state index is 5.96. The lowest BCUT2D eigenvalue weighted by molar-refractivity contribution is 0.105. The number of rotatable bonds is 6. The molecule has 0 unspecified atom stereocenters. The van der Waals surface area contributed by atoms with E-state index in [-0.39, 0.29) is 0 Å². The van der Waals surface area contributed by atoms with Gasteiger partial charge in [0.25, 0.3) is 0 Å². The van der Waals surface area contributed by atoms with Gasteiger partial charge in [-0.25, -0.2) is 9.97 Å². The van der Waals surface area contributed by atoms with Gasteiger partial charge in [0.05, 0.1) is 0 Å². The molecule has 2 aromatic heterocycles. The lowest BCUT2D eigenvalue weighted by Crippen LogP contribution is -2.08. The Balaban J connectivity index is 2.01. The number of fused-ring (bicyclic) bond motifs is 1. The Morgan fingerprint density at radius 1 is 1.42 bits per heavy atom. The molecule has 2 rings (SSSR count). The van der Waals surface area contributed by atoms with Gasteiger partial charge in [-0.2, -0.15) is 0 Å². The summed E-state index contributed by atoms with van der Waals surface area (Å²) < 4.78 is 7.53. The van der Waals surface area contributed by atoms with Gasteiger partial charge in [0.1, 0.15) is 5.52 Å². The van der Waals surface area contributed by atoms with Crippen molar-refractivity contribution in [2.75, 3.05) is 18.9 Å². The van der Waals surface area contributed by atoms with E-state index < -0.39 is 0 Å². The van der Waals surface area contributed by atoms with Crippen molar-refractivity contribution in [1.82, 2.24) is 14.5 Å². The van der Waals surface area contributed by atoms with Crippen LogP contribution in [0.25, 0.3) is 11.2 Å². The van der Waals surface area contributed by atoms with Crippen molar-refractivity contribution < 1.29 is 4.74 Å². The van der Waals surface area contributed by atoms with E-state index in [9.17, 15) is 0 Å². The number of pyridine rings is 1. The second kappa shape index (κ2) is 6.02. The molecule has 0 amide bonds. The third-order valence-electron chi connectivity index (χ3n) is 2.99. The molecule has 19 heavy (non-hydrogen) atoms. The molecule has 2 aromatic rings. The fraction of sp³-hybridized carbons (Fsp3) is 0.571. The van der Waals surface area contributed by atoms with Crippen molar-refractivity contribution in [3.05, 3.63) is 17.8 Å². The normalized spacial score (nSPS) is 11.6. The molecule has 2 N–H and O–H groups in total. The van der Waals surface area contributed by atoms with Crippen LogP contribution in [0.1, 0.15) is 25.8 Å². The highest BCUT2D eigenvalue weighted by Gasteiger charge is 2.10. The zero-order valence-corrected chi connectivity index (χ0v) is 11.9. The van der Waals surface area contributed by atoms with Crippen molar-refractivity contribution in [1.29, 1.82) is 0 Å². The summed E-state index contributed by atoms with van der Waals surface area (Å²) in [6, 6.07) is 1.95. The second-order valence-electron chi connectivity index (χ2n) is 5.24. The van der Waals surface area contributed by atoms with Gasteiger partial charge in [-0.3, -0.25) is 4.57 Å². The molecule has 5 nitrogen and oxygen atoms in total. The van der Waals surface area contributed by atoms with Crippen molar-refractivity contribution in [2.45, 2.75) is 33.7 Å². The fourth-order valence-electron chi connectivity index (χ4n) is 2.02. The number of hydrogen-bond donors (Lipinski definition) is 1. The Hall–Kier alpha value is -1.62. The van der Waals surface area contributed by atoms with E-state index in [1.165, 1.54) is 0 Å². The van der Waals surface area contributed by atoms with Crippen LogP contribution in [0.3, 0.4) is 0 Å². The molecule has 0 spiro atoms. The molecule has 5 heteroatoms. The van der Waals surface area contributed by atoms with Crippen molar-refractivity contribution >= 4 is 17.1 Å². The number of aromatic nitrogens is 3. The largest absolute Gasteiger partial charge is 0.381 e. The zero-order valence-electron chi connectivity index (χ0n) is 11.9. The van der Waals surface area contributed by atoms with Crippen LogP contribution < -0.4 is 5.73 Å². The maximum Gasteiger partial charge on any atom is 0.202 e. The smallest absolute Gasteiger partial charge is 0.202 e. The first-order chi connectivity index (χ1) is 9.09. The molecule has 0 fully saturated rings. The Kier molecular flexibility index (Phi) is 4.37. The van der Waals surface area contributed by atoms with E-state index in [0.29, 0.717) is 11.9 Å². The summed E-state index contributed by atoms with van der Waals surface area (Å²) in [7, 11) is 0. The number of aryl methyl sites for hydroxylation is 2. The molecule has 0 bridgehead atoms. The molecule has 0 saturated carbocycles. The average molecular weight is 262 g/mol. The Bertz CT molecular complexity index is 548. The summed E-state index contributed by atoms with van der Waals surface area (Å²) in [6.45, 7) is 8.65. The average Bonchev–Trinajstić information content (AvgIpc) is 2.67. The van der Waals surface area contributed by atoms with Crippen LogP contribution in [0.15, 0.2) is 12.3 Å². The van der Waals surface area contributed by atoms with Crippen LogP contribution in [0, 0.1) is 12.8 Å². The number of nitrogens with two attached hydrogens (primary N) is 1. The molecule has 0 radical (unpaired) electrons. The van der Waals surface area contributed by atoms with Crippen molar-refractivity contribution in [2.24, 2.45) is 5.92 Å². The Morgan fingerprint density at radius 2 is 2.21 bits per heavy atom. The predicted octanol–water partition coefficient (Wildman–Crippen LogP) is 2.38. The molecular formula is C14H22N4O. The van der Waals surface area contributed by atoms with E-state index >= 15 is 0 Å². The summed E-state index contributed by atoms with van der Waals surface area (Å²) in [5.41, 5.74) is 8.81. The summed E-state index contributed by atoms with van der Waals surface area (Å²) in [4.78, 5) is 8.75. The first-order valence-electron chi connectivity index (χ1n) is 6.74. The highest BCUT2D eigenvalue weighted by molar-refractivity contribution is 5.77. The van der Waals surface area contributed by atoms with Crippen LogP contribution in [0.4, 0.5) is 5.95 Å². The molecule has 2 heterocycles. The quantitative estimate of drug-likeness (QED) is 0.812. The summed E-state index contributed by atoms with van der Waals surface area (Å²) in [6.07, 6.45) is 2.71. The standard InChI is InChI=1S/C14H22N4O/c1-10(2)9-19-8-4-7-18-13-12(17-14(18)15)11(3)5-6-16-13/h5-6,10H,4,7-9H2,1-3H3,(H2,15,17). The molecule has 0 aromatic carbocycles. The van der Waals surface area contributed by atoms with Gasteiger partial charge in [0.2, 0.25) is 5.95 Å². The van der Waals surface area contributed by atoms with E-state index in [2.05, 4.69) is 23.8 Å². The summed E-state index contributed by atoms with van der Waals surface area (Å²) in [5.74, 6) is 1.10. The molecule has 0 atom stereocenters. The fourth-order valence-corrected chi connectivity index (χ4v) is 2.02. The lowest BCUT2D eigenvalue weighted by Gasteiger charge is -2.08. The lowest BCUT2D eigenvalue weighted by atomic mass is 10.2. The molecular weight excluding hydrogens is 240 g/mol. The minimum atomic E-state index is 0.528. The van der Waals surface area contributed by atoms with Gasteiger partial charge < -0.3 is 10.5 Å². The molecule has 104 valence electrons. The van der Waals surface area contributed by atoms with Crippen LogP contribution >= 0.6 is 0 Å².